The Hall–Kier alpha value is -4.28. The number of cyclic esters (lactones) is 1. The molecule has 0 N–H and O–H groups in total. The van der Waals surface area contributed by atoms with Crippen LogP contribution in [0.15, 0.2) is 48.5 Å². The molecule has 11 nitrogen and oxygen atoms in total. The molecule has 2 aliphatic heterocycles. The molecule has 37 heavy (non-hydrogen) atoms. The molecule has 196 valence electrons. The fraction of sp³-hybridized carbons (Fsp3) is 0.385. The minimum absolute atomic E-state index is 0.0332. The summed E-state index contributed by atoms with van der Waals surface area (Å²) >= 11 is 0. The van der Waals surface area contributed by atoms with Gasteiger partial charge in [0, 0.05) is 25.2 Å². The SMILES string of the molecule is COc1cc(C=CC(=O)N2CCC(N3CC(COc4ccccc4)OC3=O)CC2)c([N+](=O)[O-])cc1OC. The first-order valence-electron chi connectivity index (χ1n) is 11.9. The van der Waals surface area contributed by atoms with Crippen molar-refractivity contribution in [1.29, 1.82) is 0 Å². The number of amides is 2. The number of piperidine rings is 1. The van der Waals surface area contributed by atoms with Crippen LogP contribution in [0.5, 0.6) is 17.2 Å². The van der Waals surface area contributed by atoms with Gasteiger partial charge in [-0.2, -0.15) is 0 Å². The number of ether oxygens (including phenoxy) is 4. The molecule has 0 aliphatic carbocycles. The number of nitrogens with zero attached hydrogens (tertiary/aromatic N) is 3. The molecule has 0 bridgehead atoms. The molecular weight excluding hydrogens is 482 g/mol. The zero-order chi connectivity index (χ0) is 26.4. The summed E-state index contributed by atoms with van der Waals surface area (Å²) in [6.45, 7) is 1.62. The van der Waals surface area contributed by atoms with Crippen molar-refractivity contribution in [2.75, 3.05) is 40.5 Å². The highest BCUT2D eigenvalue weighted by Crippen LogP contribution is 2.35. The fourth-order valence-electron chi connectivity index (χ4n) is 4.47. The van der Waals surface area contributed by atoms with Crippen LogP contribution in [0, 0.1) is 10.1 Å². The van der Waals surface area contributed by atoms with Gasteiger partial charge in [0.2, 0.25) is 5.91 Å². The van der Waals surface area contributed by atoms with E-state index in [1.54, 1.807) is 9.80 Å². The fourth-order valence-corrected chi connectivity index (χ4v) is 4.47. The van der Waals surface area contributed by atoms with E-state index in [1.807, 2.05) is 30.3 Å². The minimum atomic E-state index is -0.537. The summed E-state index contributed by atoms with van der Waals surface area (Å²) in [5, 5.41) is 11.5. The maximum Gasteiger partial charge on any atom is 0.410 e. The monoisotopic (exact) mass is 511 g/mol. The first-order chi connectivity index (χ1) is 17.9. The molecule has 0 saturated carbocycles. The van der Waals surface area contributed by atoms with Crippen LogP contribution in [0.3, 0.4) is 0 Å². The molecule has 0 radical (unpaired) electrons. The van der Waals surface area contributed by atoms with Gasteiger partial charge in [0.05, 0.1) is 37.3 Å². The van der Waals surface area contributed by atoms with Crippen molar-refractivity contribution in [2.24, 2.45) is 0 Å². The molecule has 2 amide bonds. The number of carbonyl (C=O) groups excluding carboxylic acids is 2. The Kier molecular flexibility index (Phi) is 8.11. The summed E-state index contributed by atoms with van der Waals surface area (Å²) in [7, 11) is 2.83. The summed E-state index contributed by atoms with van der Waals surface area (Å²) < 4.78 is 21.5. The van der Waals surface area contributed by atoms with E-state index in [-0.39, 0.29) is 47.8 Å². The van der Waals surface area contributed by atoms with Crippen LogP contribution in [-0.2, 0) is 9.53 Å². The molecule has 0 spiro atoms. The molecule has 1 atom stereocenters. The molecule has 2 heterocycles. The highest BCUT2D eigenvalue weighted by molar-refractivity contribution is 5.92. The highest BCUT2D eigenvalue weighted by Gasteiger charge is 2.38. The number of carbonyl (C=O) groups is 2. The number of nitro groups is 1. The van der Waals surface area contributed by atoms with Crippen molar-refractivity contribution >= 4 is 23.8 Å². The number of hydrogen-bond acceptors (Lipinski definition) is 8. The third-order valence-electron chi connectivity index (χ3n) is 6.43. The smallest absolute Gasteiger partial charge is 0.410 e. The van der Waals surface area contributed by atoms with Gasteiger partial charge in [0.1, 0.15) is 12.4 Å². The lowest BCUT2D eigenvalue weighted by Crippen LogP contribution is -2.47. The second-order valence-electron chi connectivity index (χ2n) is 8.70. The van der Waals surface area contributed by atoms with Gasteiger partial charge in [-0.05, 0) is 37.1 Å². The predicted octanol–water partition coefficient (Wildman–Crippen LogP) is 3.52. The Morgan fingerprint density at radius 3 is 2.46 bits per heavy atom. The molecule has 11 heteroatoms. The second-order valence-corrected chi connectivity index (χ2v) is 8.70. The van der Waals surface area contributed by atoms with Gasteiger partial charge < -0.3 is 28.7 Å². The Morgan fingerprint density at radius 2 is 1.81 bits per heavy atom. The molecule has 2 aromatic carbocycles. The van der Waals surface area contributed by atoms with Crippen molar-refractivity contribution in [3.63, 3.8) is 0 Å². The number of para-hydroxylation sites is 1. The van der Waals surface area contributed by atoms with Gasteiger partial charge in [-0.15, -0.1) is 0 Å². The number of rotatable bonds is 9. The van der Waals surface area contributed by atoms with Gasteiger partial charge in [-0.25, -0.2) is 4.79 Å². The van der Waals surface area contributed by atoms with E-state index >= 15 is 0 Å². The van der Waals surface area contributed by atoms with E-state index in [9.17, 15) is 19.7 Å². The molecule has 0 aromatic heterocycles. The number of nitro benzene ring substituents is 1. The van der Waals surface area contributed by atoms with E-state index in [0.717, 1.165) is 5.75 Å². The number of methoxy groups -OCH3 is 2. The Morgan fingerprint density at radius 1 is 1.14 bits per heavy atom. The van der Waals surface area contributed by atoms with Crippen LogP contribution < -0.4 is 14.2 Å². The van der Waals surface area contributed by atoms with Crippen molar-refractivity contribution in [2.45, 2.75) is 25.0 Å². The van der Waals surface area contributed by atoms with E-state index in [0.29, 0.717) is 38.2 Å². The maximum absolute atomic E-state index is 12.8. The molecule has 1 unspecified atom stereocenters. The minimum Gasteiger partial charge on any atom is -0.493 e. The van der Waals surface area contributed by atoms with Crippen LogP contribution in [0.2, 0.25) is 0 Å². The second kappa shape index (κ2) is 11.6. The van der Waals surface area contributed by atoms with E-state index < -0.39 is 4.92 Å². The Balaban J connectivity index is 1.31. The summed E-state index contributed by atoms with van der Waals surface area (Å²) in [5.41, 5.74) is 0.0354. The van der Waals surface area contributed by atoms with Crippen molar-refractivity contribution < 1.29 is 33.5 Å². The molecule has 2 aromatic rings. The van der Waals surface area contributed by atoms with E-state index in [1.165, 1.54) is 38.5 Å². The summed E-state index contributed by atoms with van der Waals surface area (Å²) in [6, 6.07) is 12.0. The molecule has 2 saturated heterocycles. The van der Waals surface area contributed by atoms with Crippen LogP contribution >= 0.6 is 0 Å². The Bertz CT molecular complexity index is 1160. The first kappa shape index (κ1) is 25.8. The van der Waals surface area contributed by atoms with Crippen molar-refractivity contribution in [3.8, 4) is 17.2 Å². The van der Waals surface area contributed by atoms with Gasteiger partial charge in [0.25, 0.3) is 5.69 Å². The number of benzene rings is 2. The molecule has 2 aliphatic rings. The standard InChI is InChI=1S/C26H29N3O8/c1-34-23-14-18(22(29(32)33)15-24(23)35-2)8-9-25(30)27-12-10-19(11-13-27)28-16-21(37-26(28)31)17-36-20-6-4-3-5-7-20/h3-9,14-15,19,21H,10-13,16-17H2,1-2H3. The zero-order valence-electron chi connectivity index (χ0n) is 20.7. The van der Waals surface area contributed by atoms with Crippen molar-refractivity contribution in [3.05, 3.63) is 64.2 Å². The van der Waals surface area contributed by atoms with Gasteiger partial charge in [0.15, 0.2) is 17.6 Å². The van der Waals surface area contributed by atoms with E-state index in [2.05, 4.69) is 0 Å². The summed E-state index contributed by atoms with van der Waals surface area (Å²) in [4.78, 5) is 39.6. The zero-order valence-corrected chi connectivity index (χ0v) is 20.7. The summed E-state index contributed by atoms with van der Waals surface area (Å²) in [5.74, 6) is 1.01. The average Bonchev–Trinajstić information content (AvgIpc) is 3.30. The normalized spacial score (nSPS) is 18.1. The van der Waals surface area contributed by atoms with Crippen LogP contribution in [0.25, 0.3) is 6.08 Å². The van der Waals surface area contributed by atoms with Gasteiger partial charge in [-0.3, -0.25) is 14.9 Å². The summed E-state index contributed by atoms with van der Waals surface area (Å²) in [6.07, 6.45) is 3.22. The topological polar surface area (TPSA) is 121 Å². The molecule has 4 rings (SSSR count). The maximum atomic E-state index is 12.8. The number of hydrogen-bond donors (Lipinski definition) is 0. The first-order valence-corrected chi connectivity index (χ1v) is 11.9. The molecule has 2 fully saturated rings. The third-order valence-corrected chi connectivity index (χ3v) is 6.43. The lowest BCUT2D eigenvalue weighted by atomic mass is 10.0. The highest BCUT2D eigenvalue weighted by atomic mass is 16.6. The lowest BCUT2D eigenvalue weighted by molar-refractivity contribution is -0.385. The van der Waals surface area contributed by atoms with Gasteiger partial charge in [-0.1, -0.05) is 18.2 Å². The third kappa shape index (κ3) is 6.11. The largest absolute Gasteiger partial charge is 0.493 e. The van der Waals surface area contributed by atoms with Crippen LogP contribution in [0.1, 0.15) is 18.4 Å². The predicted molar refractivity (Wildman–Crippen MR) is 134 cm³/mol. The van der Waals surface area contributed by atoms with Crippen LogP contribution in [0.4, 0.5) is 10.5 Å². The quantitative estimate of drug-likeness (QED) is 0.285. The van der Waals surface area contributed by atoms with Gasteiger partial charge >= 0.3 is 6.09 Å². The number of likely N-dealkylation sites (tertiary alicyclic amines) is 1. The lowest BCUT2D eigenvalue weighted by Gasteiger charge is -2.35. The van der Waals surface area contributed by atoms with Crippen molar-refractivity contribution in [1.82, 2.24) is 9.80 Å². The average molecular weight is 512 g/mol. The van der Waals surface area contributed by atoms with Crippen LogP contribution in [-0.4, -0.2) is 79.3 Å². The van der Waals surface area contributed by atoms with E-state index in [4.69, 9.17) is 18.9 Å². The Labute approximate surface area is 214 Å². The molecular formula is C26H29N3O8.